The van der Waals surface area contributed by atoms with Gasteiger partial charge in [0, 0.05) is 26.2 Å². The van der Waals surface area contributed by atoms with Gasteiger partial charge in [0.15, 0.2) is 0 Å². The van der Waals surface area contributed by atoms with Gasteiger partial charge in [-0.2, -0.15) is 0 Å². The Morgan fingerprint density at radius 2 is 2.05 bits per heavy atom. The van der Waals surface area contributed by atoms with Gasteiger partial charge in [-0.25, -0.2) is 0 Å². The Bertz CT molecular complexity index is 505. The second-order valence-corrected chi connectivity index (χ2v) is 6.07. The molecule has 4 nitrogen and oxygen atoms in total. The van der Waals surface area contributed by atoms with E-state index < -0.39 is 5.60 Å². The number of esters is 2. The van der Waals surface area contributed by atoms with E-state index in [0.717, 1.165) is 31.4 Å². The van der Waals surface area contributed by atoms with E-state index in [0.29, 0.717) is 11.8 Å². The number of ether oxygens (including phenoxy) is 2. The largest absolute Gasteiger partial charge is 0.454 e. The fourth-order valence-corrected chi connectivity index (χ4v) is 4.06. The van der Waals surface area contributed by atoms with Crippen LogP contribution in [-0.4, -0.2) is 17.5 Å². The molecule has 0 radical (unpaired) electrons. The van der Waals surface area contributed by atoms with Gasteiger partial charge in [0.1, 0.15) is 11.4 Å². The van der Waals surface area contributed by atoms with E-state index >= 15 is 0 Å². The Morgan fingerprint density at radius 1 is 1.25 bits per heavy atom. The molecule has 1 fully saturated rings. The van der Waals surface area contributed by atoms with Crippen molar-refractivity contribution in [2.24, 2.45) is 17.8 Å². The number of fused-ring (bicyclic) bond motifs is 1. The van der Waals surface area contributed by atoms with Crippen molar-refractivity contribution in [2.75, 3.05) is 0 Å². The average Bonchev–Trinajstić information content (AvgIpc) is 2.38. The van der Waals surface area contributed by atoms with E-state index in [1.54, 1.807) is 0 Å². The molecule has 0 unspecified atom stereocenters. The standard InChI is InChI=1S/C16H20O4/c1-10(17)19-13-3-4-14-12-5-7-16(8-6-12,15(14)9-13)20-11(2)18/h5,7,9,12,14-15H,3-4,6,8H2,1-2H3/t12-,14+,15+,16-/m0/s1. The summed E-state index contributed by atoms with van der Waals surface area (Å²) in [5.41, 5.74) is -0.531. The Balaban J connectivity index is 1.93. The Kier molecular flexibility index (Phi) is 3.19. The molecule has 1 saturated carbocycles. The lowest BCUT2D eigenvalue weighted by Crippen LogP contribution is -2.52. The smallest absolute Gasteiger partial charge is 0.307 e. The van der Waals surface area contributed by atoms with E-state index in [2.05, 4.69) is 12.2 Å². The van der Waals surface area contributed by atoms with Crippen LogP contribution < -0.4 is 0 Å². The molecule has 0 heterocycles. The molecule has 4 aliphatic rings. The van der Waals surface area contributed by atoms with Crippen molar-refractivity contribution in [1.82, 2.24) is 0 Å². The minimum absolute atomic E-state index is 0.137. The third kappa shape index (κ3) is 2.17. The highest BCUT2D eigenvalue weighted by Crippen LogP contribution is 2.53. The summed E-state index contributed by atoms with van der Waals surface area (Å²) in [4.78, 5) is 22.6. The van der Waals surface area contributed by atoms with E-state index in [1.165, 1.54) is 13.8 Å². The first-order valence-corrected chi connectivity index (χ1v) is 7.28. The number of rotatable bonds is 2. The second-order valence-electron chi connectivity index (χ2n) is 6.07. The van der Waals surface area contributed by atoms with E-state index in [9.17, 15) is 9.59 Å². The van der Waals surface area contributed by atoms with Crippen molar-refractivity contribution in [3.05, 3.63) is 24.0 Å². The van der Waals surface area contributed by atoms with E-state index in [1.807, 2.05) is 6.08 Å². The molecule has 0 amide bonds. The summed E-state index contributed by atoms with van der Waals surface area (Å²) in [6.07, 6.45) is 9.99. The highest BCUT2D eigenvalue weighted by atomic mass is 16.6. The van der Waals surface area contributed by atoms with Crippen LogP contribution in [0.25, 0.3) is 0 Å². The van der Waals surface area contributed by atoms with Crippen molar-refractivity contribution < 1.29 is 19.1 Å². The number of hydrogen-bond donors (Lipinski definition) is 0. The summed E-state index contributed by atoms with van der Waals surface area (Å²) in [5.74, 6) is 1.39. The van der Waals surface area contributed by atoms with Crippen LogP contribution in [0, 0.1) is 17.8 Å². The molecule has 4 heteroatoms. The minimum atomic E-state index is -0.531. The lowest BCUT2D eigenvalue weighted by molar-refractivity contribution is -0.165. The van der Waals surface area contributed by atoms with Gasteiger partial charge in [0.05, 0.1) is 0 Å². The lowest BCUT2D eigenvalue weighted by Gasteiger charge is -2.52. The summed E-state index contributed by atoms with van der Waals surface area (Å²) in [6, 6.07) is 0. The lowest BCUT2D eigenvalue weighted by atomic mass is 9.57. The molecule has 2 bridgehead atoms. The zero-order valence-corrected chi connectivity index (χ0v) is 11.9. The van der Waals surface area contributed by atoms with Crippen molar-refractivity contribution in [2.45, 2.75) is 45.1 Å². The molecule has 0 aromatic carbocycles. The predicted molar refractivity (Wildman–Crippen MR) is 72.4 cm³/mol. The van der Waals surface area contributed by atoms with Crippen LogP contribution in [0.4, 0.5) is 0 Å². The third-order valence-corrected chi connectivity index (χ3v) is 4.77. The molecule has 0 N–H and O–H groups in total. The predicted octanol–water partition coefficient (Wildman–Crippen LogP) is 2.74. The maximum Gasteiger partial charge on any atom is 0.307 e. The molecule has 0 spiro atoms. The first-order chi connectivity index (χ1) is 9.50. The third-order valence-electron chi connectivity index (χ3n) is 4.77. The maximum absolute atomic E-state index is 11.5. The first kappa shape index (κ1) is 13.4. The van der Waals surface area contributed by atoms with Crippen LogP contribution in [0.5, 0.6) is 0 Å². The highest BCUT2D eigenvalue weighted by Gasteiger charge is 2.53. The average molecular weight is 276 g/mol. The summed E-state index contributed by atoms with van der Waals surface area (Å²) >= 11 is 0. The maximum atomic E-state index is 11.5. The molecular weight excluding hydrogens is 256 g/mol. The molecule has 4 atom stereocenters. The normalized spacial score (nSPS) is 37.9. The van der Waals surface area contributed by atoms with Gasteiger partial charge in [-0.1, -0.05) is 6.08 Å². The Hall–Kier alpha value is -1.58. The molecule has 20 heavy (non-hydrogen) atoms. The number of carbonyl (C=O) groups excluding carboxylic acids is 2. The van der Waals surface area contributed by atoms with E-state index in [4.69, 9.17) is 9.47 Å². The summed E-state index contributed by atoms with van der Waals surface area (Å²) < 4.78 is 10.9. The Morgan fingerprint density at radius 3 is 2.65 bits per heavy atom. The Labute approximate surface area is 118 Å². The molecule has 0 saturated heterocycles. The second kappa shape index (κ2) is 4.76. The summed E-state index contributed by atoms with van der Waals surface area (Å²) in [6.45, 7) is 2.87. The molecule has 4 rings (SSSR count). The fourth-order valence-electron chi connectivity index (χ4n) is 4.06. The van der Waals surface area contributed by atoms with Gasteiger partial charge in [0.25, 0.3) is 0 Å². The van der Waals surface area contributed by atoms with Crippen LogP contribution in [0.2, 0.25) is 0 Å². The molecule has 0 aromatic heterocycles. The van der Waals surface area contributed by atoms with Gasteiger partial charge in [0.2, 0.25) is 0 Å². The van der Waals surface area contributed by atoms with Crippen LogP contribution in [0.15, 0.2) is 24.0 Å². The number of carbonyl (C=O) groups is 2. The zero-order chi connectivity index (χ0) is 14.3. The van der Waals surface area contributed by atoms with Gasteiger partial charge in [-0.15, -0.1) is 0 Å². The van der Waals surface area contributed by atoms with Crippen LogP contribution in [0.1, 0.15) is 39.5 Å². The molecule has 0 aromatic rings. The van der Waals surface area contributed by atoms with Crippen molar-refractivity contribution in [3.63, 3.8) is 0 Å². The summed E-state index contributed by atoms with van der Waals surface area (Å²) in [5, 5.41) is 0. The van der Waals surface area contributed by atoms with E-state index in [-0.39, 0.29) is 17.9 Å². The molecule has 0 aliphatic heterocycles. The number of allylic oxidation sites excluding steroid dienone is 2. The van der Waals surface area contributed by atoms with Crippen LogP contribution in [0.3, 0.4) is 0 Å². The van der Waals surface area contributed by atoms with Crippen LogP contribution >= 0.6 is 0 Å². The molecule has 4 aliphatic carbocycles. The van der Waals surface area contributed by atoms with Gasteiger partial charge >= 0.3 is 11.9 Å². The molecular formula is C16H20O4. The van der Waals surface area contributed by atoms with Gasteiger partial charge in [-0.05, 0) is 43.3 Å². The molecule has 108 valence electrons. The zero-order valence-electron chi connectivity index (χ0n) is 11.9. The number of hydrogen-bond acceptors (Lipinski definition) is 4. The van der Waals surface area contributed by atoms with Gasteiger partial charge in [-0.3, -0.25) is 9.59 Å². The summed E-state index contributed by atoms with van der Waals surface area (Å²) in [7, 11) is 0. The minimum Gasteiger partial charge on any atom is -0.454 e. The highest BCUT2D eigenvalue weighted by molar-refractivity contribution is 5.68. The monoisotopic (exact) mass is 276 g/mol. The quantitative estimate of drug-likeness (QED) is 0.575. The van der Waals surface area contributed by atoms with Gasteiger partial charge < -0.3 is 9.47 Å². The van der Waals surface area contributed by atoms with Crippen molar-refractivity contribution in [1.29, 1.82) is 0 Å². The van der Waals surface area contributed by atoms with Crippen molar-refractivity contribution >= 4 is 11.9 Å². The first-order valence-electron chi connectivity index (χ1n) is 7.28. The van der Waals surface area contributed by atoms with Crippen molar-refractivity contribution in [3.8, 4) is 0 Å². The topological polar surface area (TPSA) is 52.6 Å². The fraction of sp³-hybridized carbons (Fsp3) is 0.625. The SMILES string of the molecule is CC(=O)OC1=C[C@@H]2[C@H](CC1)[C@H]1C=C[C@]2(OC(C)=O)CC1. The van der Waals surface area contributed by atoms with Crippen LogP contribution in [-0.2, 0) is 19.1 Å².